The van der Waals surface area contributed by atoms with Gasteiger partial charge in [-0.15, -0.1) is 0 Å². The Labute approximate surface area is 301 Å². The van der Waals surface area contributed by atoms with E-state index in [-0.39, 0.29) is 12.2 Å². The van der Waals surface area contributed by atoms with Crippen molar-refractivity contribution in [1.82, 2.24) is 5.32 Å². The van der Waals surface area contributed by atoms with Crippen LogP contribution in [-0.4, -0.2) is 98.7 Å². The Balaban J connectivity index is 1.53. The summed E-state index contributed by atoms with van der Waals surface area (Å²) in [6.07, 6.45) is 3.89. The highest BCUT2D eigenvalue weighted by Crippen LogP contribution is 2.26. The minimum Gasteiger partial charge on any atom is -0.454 e. The van der Waals surface area contributed by atoms with Gasteiger partial charge in [-0.3, -0.25) is 4.79 Å². The summed E-state index contributed by atoms with van der Waals surface area (Å²) in [5.41, 5.74) is 1.37. The van der Waals surface area contributed by atoms with Crippen molar-refractivity contribution in [3.63, 3.8) is 0 Å². The molecular weight excluding hydrogens is 661 g/mol. The van der Waals surface area contributed by atoms with Gasteiger partial charge in [0.25, 0.3) is 0 Å². The maximum Gasteiger partial charge on any atom is 0.224 e. The number of unbranched alkanes of at least 4 members (excludes halogenated alkanes) is 11. The number of carbonyl (C=O) groups is 1. The van der Waals surface area contributed by atoms with Crippen LogP contribution in [-0.2, 0) is 20.7 Å². The molecule has 0 saturated carbocycles. The molecule has 288 valence electrons. The summed E-state index contributed by atoms with van der Waals surface area (Å²) in [4.78, 5) is 13.2. The number of hydrogen-bond acceptors (Lipinski definition) is 10. The van der Waals surface area contributed by atoms with Crippen molar-refractivity contribution in [2.45, 2.75) is 153 Å². The van der Waals surface area contributed by atoms with E-state index in [0.29, 0.717) is 24.2 Å². The number of benzene rings is 2. The van der Waals surface area contributed by atoms with Gasteiger partial charge in [0.15, 0.2) is 17.9 Å². The van der Waals surface area contributed by atoms with E-state index in [1.54, 1.807) is 37.3 Å². The lowest BCUT2D eigenvalue weighted by Gasteiger charge is -2.40. The van der Waals surface area contributed by atoms with Crippen molar-refractivity contribution >= 4 is 5.91 Å². The van der Waals surface area contributed by atoms with Crippen LogP contribution in [0.1, 0.15) is 102 Å². The number of aliphatic hydroxyl groups is 6. The quantitative estimate of drug-likeness (QED) is 0.0760. The minimum absolute atomic E-state index is 0.0735. The fraction of sp³-hybridized carbons (Fsp3) is 0.667. The molecule has 1 amide bonds. The summed E-state index contributed by atoms with van der Waals surface area (Å²) in [5, 5.41) is 64.9. The van der Waals surface area contributed by atoms with Crippen LogP contribution in [0.3, 0.4) is 0 Å². The van der Waals surface area contributed by atoms with Gasteiger partial charge < -0.3 is 50.2 Å². The first-order chi connectivity index (χ1) is 24.5. The molecule has 51 heavy (non-hydrogen) atoms. The topological polar surface area (TPSA) is 178 Å². The Hall–Kier alpha value is -2.68. The molecule has 0 spiro atoms. The molecule has 0 radical (unpaired) electrons. The van der Waals surface area contributed by atoms with Gasteiger partial charge in [0.1, 0.15) is 36.3 Å². The van der Waals surface area contributed by atoms with Crippen LogP contribution in [0.2, 0.25) is 0 Å². The predicted octanol–water partition coefficient (Wildman–Crippen LogP) is 4.58. The summed E-state index contributed by atoms with van der Waals surface area (Å²) >= 11 is 0. The lowest BCUT2D eigenvalue weighted by atomic mass is 9.98. The molecule has 1 aliphatic rings. The third-order valence-corrected chi connectivity index (χ3v) is 9.40. The van der Waals surface area contributed by atoms with Crippen LogP contribution >= 0.6 is 0 Å². The summed E-state index contributed by atoms with van der Waals surface area (Å²) in [5.74, 6) is -0.532. The first kappa shape index (κ1) is 42.7. The van der Waals surface area contributed by atoms with Crippen molar-refractivity contribution in [3.8, 4) is 11.5 Å². The van der Waals surface area contributed by atoms with Crippen LogP contribution in [0.25, 0.3) is 0 Å². The second kappa shape index (κ2) is 23.1. The van der Waals surface area contributed by atoms with Gasteiger partial charge in [-0.2, -0.15) is 0 Å². The van der Waals surface area contributed by atoms with E-state index in [9.17, 15) is 39.8 Å². The van der Waals surface area contributed by atoms with E-state index in [1.807, 2.05) is 0 Å². The van der Waals surface area contributed by atoms with Gasteiger partial charge in [0, 0.05) is 0 Å². The molecule has 0 aromatic heterocycles. The van der Waals surface area contributed by atoms with E-state index < -0.39 is 73.9 Å². The van der Waals surface area contributed by atoms with Gasteiger partial charge in [-0.25, -0.2) is 4.39 Å². The van der Waals surface area contributed by atoms with Crippen LogP contribution in [0, 0.1) is 12.7 Å². The smallest absolute Gasteiger partial charge is 0.224 e. The van der Waals surface area contributed by atoms with E-state index in [0.717, 1.165) is 24.8 Å². The summed E-state index contributed by atoms with van der Waals surface area (Å²) in [6, 6.07) is 10.0. The number of amides is 1. The number of aryl methyl sites for hydroxylation is 1. The summed E-state index contributed by atoms with van der Waals surface area (Å²) < 4.78 is 30.9. The zero-order valence-electron chi connectivity index (χ0n) is 30.2. The Bertz CT molecular complexity index is 1270. The summed E-state index contributed by atoms with van der Waals surface area (Å²) in [7, 11) is 0. The number of halogens is 1. The molecular formula is C39H60FNO10. The lowest BCUT2D eigenvalue weighted by molar-refractivity contribution is -0.303. The molecule has 8 atom stereocenters. The molecule has 1 heterocycles. The monoisotopic (exact) mass is 721 g/mol. The number of rotatable bonds is 24. The highest BCUT2D eigenvalue weighted by atomic mass is 19.1. The average Bonchev–Trinajstić information content (AvgIpc) is 3.11. The third-order valence-electron chi connectivity index (χ3n) is 9.40. The van der Waals surface area contributed by atoms with E-state index >= 15 is 0 Å². The van der Waals surface area contributed by atoms with Crippen LogP contribution in [0.15, 0.2) is 42.5 Å². The molecule has 0 bridgehead atoms. The lowest BCUT2D eigenvalue weighted by Crippen LogP contribution is -2.60. The Morgan fingerprint density at radius 1 is 0.863 bits per heavy atom. The normalized spacial score (nSPS) is 22.3. The summed E-state index contributed by atoms with van der Waals surface area (Å²) in [6.45, 7) is 2.94. The molecule has 2 aromatic rings. The highest BCUT2D eigenvalue weighted by Gasteiger charge is 2.44. The van der Waals surface area contributed by atoms with Gasteiger partial charge in [-0.05, 0) is 48.7 Å². The molecule has 2 aromatic carbocycles. The van der Waals surface area contributed by atoms with E-state index in [4.69, 9.17) is 14.2 Å². The number of carbonyl (C=O) groups excluding carboxylic acids is 1. The first-order valence-electron chi connectivity index (χ1n) is 18.6. The van der Waals surface area contributed by atoms with Gasteiger partial charge in [0.05, 0.1) is 31.8 Å². The van der Waals surface area contributed by atoms with E-state index in [2.05, 4.69) is 12.2 Å². The van der Waals surface area contributed by atoms with Crippen molar-refractivity contribution in [2.24, 2.45) is 0 Å². The average molecular weight is 722 g/mol. The van der Waals surface area contributed by atoms with E-state index in [1.165, 1.54) is 63.5 Å². The predicted molar refractivity (Wildman–Crippen MR) is 191 cm³/mol. The highest BCUT2D eigenvalue weighted by molar-refractivity contribution is 5.79. The molecule has 1 saturated heterocycles. The molecule has 0 aliphatic carbocycles. The SMILES string of the molecule is CCCCCCCCCCCCCC[C@@H](O)[C@@H](O)[C@H](CO[C@H]1OC(CO)[C@H](O)[C@H](O)C1O)NC(=O)Cc1ccc(Oc2ccc(C)cc2F)cc1. The van der Waals surface area contributed by atoms with Gasteiger partial charge >= 0.3 is 0 Å². The Kier molecular flexibility index (Phi) is 19.3. The van der Waals surface area contributed by atoms with Gasteiger partial charge in [-0.1, -0.05) is 102 Å². The van der Waals surface area contributed by atoms with Crippen molar-refractivity contribution < 1.29 is 54.0 Å². The zero-order chi connectivity index (χ0) is 37.2. The number of aliphatic hydroxyl groups excluding tert-OH is 6. The van der Waals surface area contributed by atoms with Crippen molar-refractivity contribution in [3.05, 3.63) is 59.4 Å². The zero-order valence-corrected chi connectivity index (χ0v) is 30.2. The second-order valence-corrected chi connectivity index (χ2v) is 13.8. The van der Waals surface area contributed by atoms with Crippen LogP contribution in [0.4, 0.5) is 4.39 Å². The standard InChI is InChI=1S/C39H60FNO10/c1-3-4-5-6-7-8-9-10-11-12-13-14-15-31(43)35(45)30(25-49-39-38(48)37(47)36(46)33(24-42)51-39)41-34(44)23-27-17-19-28(20-18-27)50-32-21-16-26(2)22-29(32)40/h16-22,30-31,33,35-39,42-43,45-48H,3-15,23-25H2,1-2H3,(H,41,44)/t30-,31+,33?,35-,36-,37-,38?,39-/m0/s1. The largest absolute Gasteiger partial charge is 0.454 e. The molecule has 1 fully saturated rings. The third kappa shape index (κ3) is 14.7. The molecule has 2 unspecified atom stereocenters. The molecule has 12 heteroatoms. The van der Waals surface area contributed by atoms with Crippen LogP contribution in [0.5, 0.6) is 11.5 Å². The molecule has 11 nitrogen and oxygen atoms in total. The molecule has 3 rings (SSSR count). The first-order valence-corrected chi connectivity index (χ1v) is 18.6. The van der Waals surface area contributed by atoms with Crippen molar-refractivity contribution in [1.29, 1.82) is 0 Å². The number of nitrogens with one attached hydrogen (secondary N) is 1. The maximum atomic E-state index is 14.2. The van der Waals surface area contributed by atoms with Crippen molar-refractivity contribution in [2.75, 3.05) is 13.2 Å². The van der Waals surface area contributed by atoms with Gasteiger partial charge in [0.2, 0.25) is 5.91 Å². The number of hydrogen-bond donors (Lipinski definition) is 7. The second-order valence-electron chi connectivity index (χ2n) is 13.8. The fourth-order valence-corrected chi connectivity index (χ4v) is 6.20. The fourth-order valence-electron chi connectivity index (χ4n) is 6.20. The molecule has 1 aliphatic heterocycles. The maximum absolute atomic E-state index is 14.2. The Morgan fingerprint density at radius 2 is 1.47 bits per heavy atom. The Morgan fingerprint density at radius 3 is 2.06 bits per heavy atom. The van der Waals surface area contributed by atoms with Crippen LogP contribution < -0.4 is 10.1 Å². The number of ether oxygens (including phenoxy) is 3. The molecule has 7 N–H and O–H groups in total. The minimum atomic E-state index is -1.67.